The summed E-state index contributed by atoms with van der Waals surface area (Å²) < 4.78 is 66.3. The number of benzene rings is 2. The predicted molar refractivity (Wildman–Crippen MR) is 88.5 cm³/mol. The summed E-state index contributed by atoms with van der Waals surface area (Å²) in [6, 6.07) is 10.2. The van der Waals surface area contributed by atoms with Crippen molar-refractivity contribution in [3.05, 3.63) is 65.2 Å². The average molecular weight is 388 g/mol. The maximum atomic E-state index is 12.6. The number of carbonyl (C=O) groups is 1. The normalized spacial score (nSPS) is 11.3. The molecule has 2 aromatic rings. The lowest BCUT2D eigenvalue weighted by molar-refractivity contribution is -0.137. The Kier molecular flexibility index (Phi) is 6.98. The SMILES string of the molecule is O=C(NCCc1ccc(OC(F)F)cc1)NCc1cccc(C(F)(F)F)c1. The Labute approximate surface area is 152 Å². The first-order valence-electron chi connectivity index (χ1n) is 7.95. The summed E-state index contributed by atoms with van der Waals surface area (Å²) in [5, 5.41) is 5.04. The van der Waals surface area contributed by atoms with E-state index in [9.17, 15) is 26.7 Å². The van der Waals surface area contributed by atoms with Crippen molar-refractivity contribution >= 4 is 6.03 Å². The minimum Gasteiger partial charge on any atom is -0.435 e. The van der Waals surface area contributed by atoms with Crippen LogP contribution in [0.5, 0.6) is 5.75 Å². The number of hydrogen-bond acceptors (Lipinski definition) is 2. The fraction of sp³-hybridized carbons (Fsp3) is 0.278. The van der Waals surface area contributed by atoms with Gasteiger partial charge in [-0.25, -0.2) is 4.79 Å². The van der Waals surface area contributed by atoms with Crippen LogP contribution >= 0.6 is 0 Å². The molecule has 146 valence electrons. The predicted octanol–water partition coefficient (Wildman–Crippen LogP) is 4.35. The molecule has 0 radical (unpaired) electrons. The highest BCUT2D eigenvalue weighted by Crippen LogP contribution is 2.29. The molecule has 0 saturated carbocycles. The van der Waals surface area contributed by atoms with E-state index in [0.29, 0.717) is 12.0 Å². The van der Waals surface area contributed by atoms with Gasteiger partial charge in [-0.3, -0.25) is 0 Å². The highest BCUT2D eigenvalue weighted by Gasteiger charge is 2.30. The number of ether oxygens (including phenoxy) is 1. The summed E-state index contributed by atoms with van der Waals surface area (Å²) in [7, 11) is 0. The molecule has 0 aromatic heterocycles. The van der Waals surface area contributed by atoms with Gasteiger partial charge in [-0.1, -0.05) is 24.3 Å². The van der Waals surface area contributed by atoms with Crippen LogP contribution in [0.1, 0.15) is 16.7 Å². The van der Waals surface area contributed by atoms with Crippen LogP contribution in [0.25, 0.3) is 0 Å². The first kappa shape index (κ1) is 20.5. The zero-order chi connectivity index (χ0) is 19.9. The van der Waals surface area contributed by atoms with E-state index in [1.807, 2.05) is 0 Å². The maximum absolute atomic E-state index is 12.6. The number of hydrogen-bond donors (Lipinski definition) is 2. The summed E-state index contributed by atoms with van der Waals surface area (Å²) >= 11 is 0. The first-order chi connectivity index (χ1) is 12.7. The van der Waals surface area contributed by atoms with Crippen LogP contribution in [0.15, 0.2) is 48.5 Å². The Bertz CT molecular complexity index is 748. The second-order valence-corrected chi connectivity index (χ2v) is 5.58. The Hall–Kier alpha value is -2.84. The monoisotopic (exact) mass is 388 g/mol. The molecule has 0 saturated heterocycles. The van der Waals surface area contributed by atoms with E-state index in [1.165, 1.54) is 24.3 Å². The summed E-state index contributed by atoms with van der Waals surface area (Å²) in [5.41, 5.74) is 0.353. The van der Waals surface area contributed by atoms with Gasteiger partial charge in [0, 0.05) is 13.1 Å². The van der Waals surface area contributed by atoms with Crippen molar-refractivity contribution in [2.75, 3.05) is 6.54 Å². The molecule has 0 aliphatic carbocycles. The van der Waals surface area contributed by atoms with E-state index in [0.717, 1.165) is 17.7 Å². The molecule has 0 heterocycles. The topological polar surface area (TPSA) is 50.4 Å². The molecule has 4 nitrogen and oxygen atoms in total. The highest BCUT2D eigenvalue weighted by atomic mass is 19.4. The molecule has 0 bridgehead atoms. The first-order valence-corrected chi connectivity index (χ1v) is 7.95. The Balaban J connectivity index is 1.74. The summed E-state index contributed by atoms with van der Waals surface area (Å²) in [4.78, 5) is 11.7. The number of alkyl halides is 5. The van der Waals surface area contributed by atoms with Crippen LogP contribution in [0.4, 0.5) is 26.7 Å². The van der Waals surface area contributed by atoms with E-state index < -0.39 is 24.4 Å². The van der Waals surface area contributed by atoms with Gasteiger partial charge in [0.15, 0.2) is 0 Å². The van der Waals surface area contributed by atoms with Gasteiger partial charge in [0.1, 0.15) is 5.75 Å². The smallest absolute Gasteiger partial charge is 0.416 e. The Morgan fingerprint density at radius 3 is 2.33 bits per heavy atom. The van der Waals surface area contributed by atoms with Gasteiger partial charge in [0.2, 0.25) is 0 Å². The largest absolute Gasteiger partial charge is 0.435 e. The fourth-order valence-electron chi connectivity index (χ4n) is 2.26. The lowest BCUT2D eigenvalue weighted by atomic mass is 10.1. The minimum atomic E-state index is -4.44. The number of urea groups is 1. The molecule has 2 N–H and O–H groups in total. The molecule has 2 aromatic carbocycles. The molecule has 0 fully saturated rings. The second kappa shape index (κ2) is 9.20. The Morgan fingerprint density at radius 1 is 1.00 bits per heavy atom. The number of amides is 2. The maximum Gasteiger partial charge on any atom is 0.416 e. The zero-order valence-corrected chi connectivity index (χ0v) is 14.0. The highest BCUT2D eigenvalue weighted by molar-refractivity contribution is 5.73. The fourth-order valence-corrected chi connectivity index (χ4v) is 2.26. The number of halogens is 5. The van der Waals surface area contributed by atoms with Crippen molar-refractivity contribution < 1.29 is 31.5 Å². The van der Waals surface area contributed by atoms with Gasteiger partial charge in [0.05, 0.1) is 5.56 Å². The van der Waals surface area contributed by atoms with Crippen molar-refractivity contribution in [2.45, 2.75) is 25.8 Å². The molecule has 0 aliphatic heterocycles. The molecule has 27 heavy (non-hydrogen) atoms. The molecule has 0 atom stereocenters. The minimum absolute atomic E-state index is 0.0422. The van der Waals surface area contributed by atoms with E-state index in [4.69, 9.17) is 0 Å². The van der Waals surface area contributed by atoms with Crippen LogP contribution in [0.2, 0.25) is 0 Å². The van der Waals surface area contributed by atoms with Gasteiger partial charge in [-0.15, -0.1) is 0 Å². The third kappa shape index (κ3) is 7.12. The van der Waals surface area contributed by atoms with Crippen LogP contribution in [0.3, 0.4) is 0 Å². The molecule has 0 spiro atoms. The molecule has 2 amide bonds. The van der Waals surface area contributed by atoms with E-state index in [-0.39, 0.29) is 18.8 Å². The van der Waals surface area contributed by atoms with Gasteiger partial charge < -0.3 is 15.4 Å². The summed E-state index contributed by atoms with van der Waals surface area (Å²) in [6.07, 6.45) is -3.99. The Morgan fingerprint density at radius 2 is 1.70 bits per heavy atom. The van der Waals surface area contributed by atoms with E-state index >= 15 is 0 Å². The van der Waals surface area contributed by atoms with Crippen LogP contribution in [-0.4, -0.2) is 19.2 Å². The number of nitrogens with one attached hydrogen (secondary N) is 2. The molecule has 9 heteroatoms. The lowest BCUT2D eigenvalue weighted by Gasteiger charge is -2.10. The van der Waals surface area contributed by atoms with Gasteiger partial charge in [-0.05, 0) is 41.8 Å². The van der Waals surface area contributed by atoms with Crippen LogP contribution in [0, 0.1) is 0 Å². The molecule has 0 aliphatic rings. The standard InChI is InChI=1S/C18H17F5N2O2/c19-16(20)27-15-6-4-12(5-7-15)8-9-24-17(26)25-11-13-2-1-3-14(10-13)18(21,22)23/h1-7,10,16H,8-9,11H2,(H2,24,25,26). The zero-order valence-electron chi connectivity index (χ0n) is 14.0. The van der Waals surface area contributed by atoms with Gasteiger partial charge >= 0.3 is 18.8 Å². The average Bonchev–Trinajstić information content (AvgIpc) is 2.60. The third-order valence-electron chi connectivity index (χ3n) is 3.56. The van der Waals surface area contributed by atoms with Gasteiger partial charge in [-0.2, -0.15) is 22.0 Å². The van der Waals surface area contributed by atoms with E-state index in [1.54, 1.807) is 12.1 Å². The molecule has 2 rings (SSSR count). The van der Waals surface area contributed by atoms with Crippen molar-refractivity contribution in [3.8, 4) is 5.75 Å². The van der Waals surface area contributed by atoms with Crippen molar-refractivity contribution in [1.29, 1.82) is 0 Å². The molecular formula is C18H17F5N2O2. The molecule has 0 unspecified atom stereocenters. The van der Waals surface area contributed by atoms with Crippen molar-refractivity contribution in [2.24, 2.45) is 0 Å². The number of rotatable bonds is 7. The lowest BCUT2D eigenvalue weighted by Crippen LogP contribution is -2.36. The van der Waals surface area contributed by atoms with Crippen LogP contribution in [-0.2, 0) is 19.1 Å². The number of carbonyl (C=O) groups excluding carboxylic acids is 1. The van der Waals surface area contributed by atoms with Crippen molar-refractivity contribution in [1.82, 2.24) is 10.6 Å². The second-order valence-electron chi connectivity index (χ2n) is 5.58. The summed E-state index contributed by atoms with van der Waals surface area (Å²) in [6.45, 7) is -2.67. The quantitative estimate of drug-likeness (QED) is 0.693. The van der Waals surface area contributed by atoms with Crippen molar-refractivity contribution in [3.63, 3.8) is 0 Å². The third-order valence-corrected chi connectivity index (χ3v) is 3.56. The van der Waals surface area contributed by atoms with E-state index in [2.05, 4.69) is 15.4 Å². The van der Waals surface area contributed by atoms with Gasteiger partial charge in [0.25, 0.3) is 0 Å². The molecular weight excluding hydrogens is 371 g/mol. The summed E-state index contributed by atoms with van der Waals surface area (Å²) in [5.74, 6) is 0.0422. The van der Waals surface area contributed by atoms with Crippen LogP contribution < -0.4 is 15.4 Å².